The van der Waals surface area contributed by atoms with Crippen LogP contribution < -0.4 is 4.74 Å². The van der Waals surface area contributed by atoms with E-state index in [0.29, 0.717) is 11.3 Å². The van der Waals surface area contributed by atoms with Crippen molar-refractivity contribution in [3.8, 4) is 5.75 Å². The van der Waals surface area contributed by atoms with Gasteiger partial charge in [-0.2, -0.15) is 0 Å². The van der Waals surface area contributed by atoms with Crippen LogP contribution in [0.15, 0.2) is 18.2 Å². The van der Waals surface area contributed by atoms with Gasteiger partial charge in [0.25, 0.3) is 0 Å². The van der Waals surface area contributed by atoms with E-state index >= 15 is 0 Å². The molecule has 0 aliphatic heterocycles. The highest BCUT2D eigenvalue weighted by molar-refractivity contribution is 5.75. The predicted octanol–water partition coefficient (Wildman–Crippen LogP) is 6.45. The fraction of sp³-hybridized carbons (Fsp3) is 0.696. The number of rotatable bonds is 5. The summed E-state index contributed by atoms with van der Waals surface area (Å²) in [5.74, 6) is 2.43. The number of halogens is 1. The number of carbonyl (C=O) groups is 1. The van der Waals surface area contributed by atoms with Gasteiger partial charge in [0, 0.05) is 6.07 Å². The maximum absolute atomic E-state index is 13.6. The lowest BCUT2D eigenvalue weighted by Gasteiger charge is -2.30. The van der Waals surface area contributed by atoms with E-state index in [-0.39, 0.29) is 17.7 Å². The van der Waals surface area contributed by atoms with Gasteiger partial charge in [-0.25, -0.2) is 4.39 Å². The average molecular weight is 361 g/mol. The summed E-state index contributed by atoms with van der Waals surface area (Å²) in [5, 5.41) is 0. The highest BCUT2D eigenvalue weighted by Gasteiger charge is 2.28. The lowest BCUT2D eigenvalue weighted by Crippen LogP contribution is -2.26. The van der Waals surface area contributed by atoms with Crippen LogP contribution in [-0.2, 0) is 4.79 Å². The maximum Gasteiger partial charge on any atom is 0.314 e. The van der Waals surface area contributed by atoms with Crippen molar-refractivity contribution in [1.82, 2.24) is 0 Å². The van der Waals surface area contributed by atoms with E-state index in [1.54, 1.807) is 19.1 Å². The molecule has 2 saturated carbocycles. The number of hydrogen-bond acceptors (Lipinski definition) is 2. The molecule has 0 atom stereocenters. The van der Waals surface area contributed by atoms with Crippen molar-refractivity contribution in [2.45, 2.75) is 78.1 Å². The molecule has 0 spiro atoms. The topological polar surface area (TPSA) is 26.3 Å². The molecule has 3 rings (SSSR count). The molecule has 0 radical (unpaired) electrons. The summed E-state index contributed by atoms with van der Waals surface area (Å²) in [5.41, 5.74) is 0.567. The Hall–Kier alpha value is -1.38. The Morgan fingerprint density at radius 1 is 1.00 bits per heavy atom. The number of carbonyl (C=O) groups excluding carboxylic acids is 1. The Morgan fingerprint density at radius 2 is 1.58 bits per heavy atom. The van der Waals surface area contributed by atoms with Crippen molar-refractivity contribution in [3.63, 3.8) is 0 Å². The number of hydrogen-bond donors (Lipinski definition) is 0. The zero-order valence-electron chi connectivity index (χ0n) is 16.3. The second kappa shape index (κ2) is 9.01. The third-order valence-electron chi connectivity index (χ3n) is 6.66. The maximum atomic E-state index is 13.6. The first kappa shape index (κ1) is 19.4. The van der Waals surface area contributed by atoms with Crippen LogP contribution in [0.5, 0.6) is 5.75 Å². The van der Waals surface area contributed by atoms with Gasteiger partial charge in [0.05, 0.1) is 5.92 Å². The van der Waals surface area contributed by atoms with Crippen LogP contribution >= 0.6 is 0 Å². The third kappa shape index (κ3) is 5.31. The van der Waals surface area contributed by atoms with E-state index in [4.69, 9.17) is 4.74 Å². The van der Waals surface area contributed by atoms with Gasteiger partial charge in [-0.05, 0) is 62.0 Å². The molecule has 0 amide bonds. The minimum Gasteiger partial charge on any atom is -0.426 e. The predicted molar refractivity (Wildman–Crippen MR) is 103 cm³/mol. The van der Waals surface area contributed by atoms with Gasteiger partial charge in [0.2, 0.25) is 0 Å². The summed E-state index contributed by atoms with van der Waals surface area (Å²) in [6, 6.07) is 4.64. The first-order chi connectivity index (χ1) is 12.5. The van der Waals surface area contributed by atoms with Crippen molar-refractivity contribution in [1.29, 1.82) is 0 Å². The summed E-state index contributed by atoms with van der Waals surface area (Å²) in [6.45, 7) is 4.08. The minimum absolute atomic E-state index is 0.0221. The summed E-state index contributed by atoms with van der Waals surface area (Å²) in [6.07, 6.45) is 12.4. The summed E-state index contributed by atoms with van der Waals surface area (Å²) >= 11 is 0. The van der Waals surface area contributed by atoms with Gasteiger partial charge in [0.1, 0.15) is 11.6 Å². The molecule has 0 N–H and O–H groups in total. The highest BCUT2D eigenvalue weighted by Crippen LogP contribution is 2.36. The summed E-state index contributed by atoms with van der Waals surface area (Å²) < 4.78 is 19.0. The van der Waals surface area contributed by atoms with Gasteiger partial charge < -0.3 is 4.74 Å². The van der Waals surface area contributed by atoms with Crippen LogP contribution in [0.4, 0.5) is 4.39 Å². The number of ether oxygens (including phenoxy) is 1. The molecule has 0 unspecified atom stereocenters. The Labute approximate surface area is 157 Å². The fourth-order valence-electron chi connectivity index (χ4n) is 4.61. The summed E-state index contributed by atoms with van der Waals surface area (Å²) in [4.78, 5) is 12.4. The fourth-order valence-corrected chi connectivity index (χ4v) is 4.61. The Balaban J connectivity index is 1.38. The first-order valence-electron chi connectivity index (χ1n) is 10.5. The molecule has 1 aromatic rings. The molecule has 144 valence electrons. The molecule has 2 fully saturated rings. The van der Waals surface area contributed by atoms with E-state index in [2.05, 4.69) is 6.92 Å². The molecule has 0 heterocycles. The highest BCUT2D eigenvalue weighted by atomic mass is 19.1. The molecule has 0 aromatic heterocycles. The van der Waals surface area contributed by atoms with Crippen molar-refractivity contribution in [2.24, 2.45) is 23.7 Å². The van der Waals surface area contributed by atoms with E-state index in [1.165, 1.54) is 44.6 Å². The zero-order chi connectivity index (χ0) is 18.5. The van der Waals surface area contributed by atoms with Crippen molar-refractivity contribution >= 4 is 5.97 Å². The zero-order valence-corrected chi connectivity index (χ0v) is 16.3. The molecule has 26 heavy (non-hydrogen) atoms. The smallest absolute Gasteiger partial charge is 0.314 e. The van der Waals surface area contributed by atoms with Crippen molar-refractivity contribution in [3.05, 3.63) is 29.6 Å². The molecule has 1 aromatic carbocycles. The Kier molecular flexibility index (Phi) is 6.72. The summed E-state index contributed by atoms with van der Waals surface area (Å²) in [7, 11) is 0. The second-order valence-electron chi connectivity index (χ2n) is 8.75. The molecule has 2 aliphatic carbocycles. The SMILES string of the molecule is Cc1ccc(OC(=O)C2CCC(CCC3CCC(C)CC3)CC2)cc1F. The third-order valence-corrected chi connectivity index (χ3v) is 6.66. The van der Waals surface area contributed by atoms with Crippen LogP contribution in [0.2, 0.25) is 0 Å². The van der Waals surface area contributed by atoms with E-state index in [9.17, 15) is 9.18 Å². The molecule has 3 heteroatoms. The molecule has 2 aliphatic rings. The van der Waals surface area contributed by atoms with E-state index < -0.39 is 0 Å². The second-order valence-corrected chi connectivity index (χ2v) is 8.75. The van der Waals surface area contributed by atoms with Crippen LogP contribution in [0.1, 0.15) is 76.7 Å². The van der Waals surface area contributed by atoms with Gasteiger partial charge in [-0.3, -0.25) is 4.79 Å². The Morgan fingerprint density at radius 3 is 2.15 bits per heavy atom. The Bertz CT molecular complexity index is 596. The van der Waals surface area contributed by atoms with E-state index in [0.717, 1.165) is 43.4 Å². The number of benzene rings is 1. The van der Waals surface area contributed by atoms with Crippen molar-refractivity contribution < 1.29 is 13.9 Å². The van der Waals surface area contributed by atoms with Crippen LogP contribution in [-0.4, -0.2) is 5.97 Å². The number of aryl methyl sites for hydroxylation is 1. The van der Waals surface area contributed by atoms with Crippen molar-refractivity contribution in [2.75, 3.05) is 0 Å². The lowest BCUT2D eigenvalue weighted by molar-refractivity contribution is -0.140. The molecule has 0 saturated heterocycles. The van der Waals surface area contributed by atoms with Crippen LogP contribution in [0, 0.1) is 36.4 Å². The largest absolute Gasteiger partial charge is 0.426 e. The van der Waals surface area contributed by atoms with Gasteiger partial charge in [0.15, 0.2) is 0 Å². The molecule has 2 nitrogen and oxygen atoms in total. The normalized spacial score (nSPS) is 29.3. The average Bonchev–Trinajstić information content (AvgIpc) is 2.65. The molecular weight excluding hydrogens is 327 g/mol. The monoisotopic (exact) mass is 360 g/mol. The van der Waals surface area contributed by atoms with Crippen LogP contribution in [0.3, 0.4) is 0 Å². The molecule has 0 bridgehead atoms. The van der Waals surface area contributed by atoms with Gasteiger partial charge >= 0.3 is 5.97 Å². The van der Waals surface area contributed by atoms with Crippen LogP contribution in [0.25, 0.3) is 0 Å². The molecular formula is C23H33FO2. The first-order valence-corrected chi connectivity index (χ1v) is 10.5. The quantitative estimate of drug-likeness (QED) is 0.445. The van der Waals surface area contributed by atoms with Gasteiger partial charge in [-0.1, -0.05) is 51.5 Å². The lowest BCUT2D eigenvalue weighted by atomic mass is 9.76. The minimum atomic E-state index is -0.323. The number of esters is 1. The van der Waals surface area contributed by atoms with Gasteiger partial charge in [-0.15, -0.1) is 0 Å². The van der Waals surface area contributed by atoms with E-state index in [1.807, 2.05) is 0 Å². The standard InChI is InChI=1S/C23H33FO2/c1-16-3-6-18(7-4-16)8-9-19-10-12-20(13-11-19)23(25)26-21-14-5-17(2)22(24)15-21/h5,14-16,18-20H,3-4,6-13H2,1-2H3.